The molecule has 1 N–H and O–H groups in total. The van der Waals surface area contributed by atoms with Crippen molar-refractivity contribution in [3.8, 4) is 5.75 Å². The normalized spacial score (nSPS) is 12.9. The molecule has 1 aliphatic carbocycles. The third kappa shape index (κ3) is 5.54. The zero-order valence-corrected chi connectivity index (χ0v) is 17.5. The summed E-state index contributed by atoms with van der Waals surface area (Å²) in [5.74, 6) is 1.29. The van der Waals surface area contributed by atoms with Crippen LogP contribution in [0.3, 0.4) is 0 Å². The molecule has 0 saturated heterocycles. The Morgan fingerprint density at radius 2 is 1.71 bits per heavy atom. The molecule has 0 atom stereocenters. The summed E-state index contributed by atoms with van der Waals surface area (Å²) in [5.41, 5.74) is 2.15. The molecule has 1 heterocycles. The van der Waals surface area contributed by atoms with Crippen LogP contribution in [0.25, 0.3) is 0 Å². The van der Waals surface area contributed by atoms with Crippen LogP contribution < -0.4 is 10.1 Å². The highest BCUT2D eigenvalue weighted by Gasteiger charge is 2.24. The largest absolute Gasteiger partial charge is 0.494 e. The van der Waals surface area contributed by atoms with Crippen LogP contribution in [-0.4, -0.2) is 29.4 Å². The Bertz CT molecular complexity index is 1010. The summed E-state index contributed by atoms with van der Waals surface area (Å²) in [4.78, 5) is 27.2. The first-order valence-corrected chi connectivity index (χ1v) is 10.6. The molecule has 4 rings (SSSR count). The van der Waals surface area contributed by atoms with Crippen LogP contribution in [0.2, 0.25) is 0 Å². The van der Waals surface area contributed by atoms with Crippen LogP contribution in [0, 0.1) is 0 Å². The molecule has 1 saturated carbocycles. The van der Waals surface area contributed by atoms with Gasteiger partial charge >= 0.3 is 0 Å². The van der Waals surface area contributed by atoms with Gasteiger partial charge in [0.15, 0.2) is 0 Å². The van der Waals surface area contributed by atoms with Gasteiger partial charge in [-0.25, -0.2) is 0 Å². The number of amides is 2. The zero-order valence-electron chi connectivity index (χ0n) is 17.5. The molecule has 160 valence electrons. The molecule has 0 unspecified atom stereocenters. The smallest absolute Gasteiger partial charge is 0.254 e. The molecule has 0 bridgehead atoms. The van der Waals surface area contributed by atoms with Crippen LogP contribution in [0.1, 0.15) is 51.8 Å². The van der Waals surface area contributed by atoms with Crippen LogP contribution in [0.15, 0.2) is 71.3 Å². The first kappa shape index (κ1) is 20.7. The lowest BCUT2D eigenvalue weighted by Crippen LogP contribution is -2.30. The Morgan fingerprint density at radius 1 is 1.00 bits per heavy atom. The van der Waals surface area contributed by atoms with Gasteiger partial charge in [0.05, 0.1) is 19.4 Å². The van der Waals surface area contributed by atoms with E-state index in [1.807, 2.05) is 31.2 Å². The van der Waals surface area contributed by atoms with Crippen LogP contribution >= 0.6 is 0 Å². The summed E-state index contributed by atoms with van der Waals surface area (Å²) in [6.07, 6.45) is 3.71. The van der Waals surface area contributed by atoms with E-state index in [4.69, 9.17) is 9.15 Å². The van der Waals surface area contributed by atoms with E-state index in [1.165, 1.54) is 0 Å². The van der Waals surface area contributed by atoms with Gasteiger partial charge in [-0.3, -0.25) is 9.59 Å². The van der Waals surface area contributed by atoms with Crippen molar-refractivity contribution in [1.82, 2.24) is 10.2 Å². The fourth-order valence-corrected chi connectivity index (χ4v) is 3.31. The van der Waals surface area contributed by atoms with Gasteiger partial charge in [-0.2, -0.15) is 0 Å². The molecule has 6 heteroatoms. The second-order valence-electron chi connectivity index (χ2n) is 7.64. The van der Waals surface area contributed by atoms with Gasteiger partial charge < -0.3 is 19.4 Å². The lowest BCUT2D eigenvalue weighted by atomic mass is 10.1. The Kier molecular flexibility index (Phi) is 6.36. The predicted molar refractivity (Wildman–Crippen MR) is 117 cm³/mol. The summed E-state index contributed by atoms with van der Waals surface area (Å²) in [5, 5.41) is 2.99. The molecule has 2 amide bonds. The maximum Gasteiger partial charge on any atom is 0.254 e. The minimum absolute atomic E-state index is 0.0491. The van der Waals surface area contributed by atoms with E-state index in [0.717, 1.165) is 24.2 Å². The summed E-state index contributed by atoms with van der Waals surface area (Å²) < 4.78 is 10.9. The number of furan rings is 1. The van der Waals surface area contributed by atoms with E-state index >= 15 is 0 Å². The molecule has 1 fully saturated rings. The third-order valence-electron chi connectivity index (χ3n) is 5.13. The molecule has 2 aromatic carbocycles. The first-order valence-electron chi connectivity index (χ1n) is 10.6. The van der Waals surface area contributed by atoms with Crippen molar-refractivity contribution in [2.45, 2.75) is 38.9 Å². The van der Waals surface area contributed by atoms with E-state index in [0.29, 0.717) is 42.6 Å². The topological polar surface area (TPSA) is 71.8 Å². The van der Waals surface area contributed by atoms with Crippen LogP contribution in [0.4, 0.5) is 0 Å². The fraction of sp³-hybridized carbons (Fsp3) is 0.280. The molecule has 0 aliphatic heterocycles. The average molecular weight is 418 g/mol. The van der Waals surface area contributed by atoms with Gasteiger partial charge in [-0.05, 0) is 73.9 Å². The highest BCUT2D eigenvalue weighted by Crippen LogP contribution is 2.20. The monoisotopic (exact) mass is 418 g/mol. The number of ether oxygens (including phenoxy) is 1. The van der Waals surface area contributed by atoms with Crippen molar-refractivity contribution in [2.75, 3.05) is 6.61 Å². The molecular formula is C25H26N2O4. The number of nitrogens with one attached hydrogen (secondary N) is 1. The van der Waals surface area contributed by atoms with E-state index in [-0.39, 0.29) is 11.8 Å². The molecule has 1 aromatic heterocycles. The fourth-order valence-electron chi connectivity index (χ4n) is 3.31. The number of benzene rings is 2. The average Bonchev–Trinajstić information content (AvgIpc) is 3.45. The van der Waals surface area contributed by atoms with Crippen molar-refractivity contribution < 1.29 is 18.7 Å². The Labute approximate surface area is 181 Å². The van der Waals surface area contributed by atoms with Crippen molar-refractivity contribution in [3.63, 3.8) is 0 Å². The zero-order chi connectivity index (χ0) is 21.6. The number of nitrogens with zero attached hydrogens (tertiary/aromatic N) is 1. The van der Waals surface area contributed by atoms with Gasteiger partial charge in [0.2, 0.25) is 0 Å². The van der Waals surface area contributed by atoms with E-state index in [9.17, 15) is 9.59 Å². The van der Waals surface area contributed by atoms with Gasteiger partial charge in [-0.15, -0.1) is 0 Å². The maximum absolute atomic E-state index is 13.2. The Balaban J connectivity index is 1.49. The summed E-state index contributed by atoms with van der Waals surface area (Å²) in [6.45, 7) is 3.25. The molecule has 6 nitrogen and oxygen atoms in total. The Hall–Kier alpha value is -3.54. The maximum atomic E-state index is 13.2. The second-order valence-corrected chi connectivity index (χ2v) is 7.64. The molecule has 3 aromatic rings. The minimum atomic E-state index is -0.102. The second kappa shape index (κ2) is 9.51. The summed E-state index contributed by atoms with van der Waals surface area (Å²) >= 11 is 0. The summed E-state index contributed by atoms with van der Waals surface area (Å²) in [6, 6.07) is 18.5. The quantitative estimate of drug-likeness (QED) is 0.559. The minimum Gasteiger partial charge on any atom is -0.494 e. The highest BCUT2D eigenvalue weighted by molar-refractivity contribution is 5.95. The van der Waals surface area contributed by atoms with Crippen molar-refractivity contribution in [1.29, 1.82) is 0 Å². The standard InChI is InChI=1S/C25H26N2O4/c1-2-30-22-13-9-20(10-14-22)25(29)27(17-23-4-3-15-31-23)16-18-5-7-19(8-6-18)24(28)26-21-11-12-21/h3-10,13-15,21H,2,11-12,16-17H2,1H3,(H,26,28). The SMILES string of the molecule is CCOc1ccc(C(=O)N(Cc2ccc(C(=O)NC3CC3)cc2)Cc2ccco2)cc1. The van der Waals surface area contributed by atoms with Gasteiger partial charge in [0, 0.05) is 23.7 Å². The molecule has 0 radical (unpaired) electrons. The van der Waals surface area contributed by atoms with Gasteiger partial charge in [0.1, 0.15) is 11.5 Å². The number of rotatable bonds is 9. The number of carbonyl (C=O) groups excluding carboxylic acids is 2. The van der Waals surface area contributed by atoms with Gasteiger partial charge in [-0.1, -0.05) is 12.1 Å². The van der Waals surface area contributed by atoms with Crippen LogP contribution in [0.5, 0.6) is 5.75 Å². The van der Waals surface area contributed by atoms with E-state index in [1.54, 1.807) is 47.6 Å². The van der Waals surface area contributed by atoms with Gasteiger partial charge in [0.25, 0.3) is 11.8 Å². The van der Waals surface area contributed by atoms with Crippen LogP contribution in [-0.2, 0) is 13.1 Å². The molecule has 31 heavy (non-hydrogen) atoms. The predicted octanol–water partition coefficient (Wildman–Crippen LogP) is 4.41. The summed E-state index contributed by atoms with van der Waals surface area (Å²) in [7, 11) is 0. The van der Waals surface area contributed by atoms with Crippen molar-refractivity contribution >= 4 is 11.8 Å². The highest BCUT2D eigenvalue weighted by atomic mass is 16.5. The Morgan fingerprint density at radius 3 is 2.32 bits per heavy atom. The van der Waals surface area contributed by atoms with Crippen molar-refractivity contribution in [2.24, 2.45) is 0 Å². The molecular weight excluding hydrogens is 392 g/mol. The third-order valence-corrected chi connectivity index (χ3v) is 5.13. The van der Waals surface area contributed by atoms with E-state index < -0.39 is 0 Å². The lowest BCUT2D eigenvalue weighted by Gasteiger charge is -2.22. The number of hydrogen-bond donors (Lipinski definition) is 1. The number of carbonyl (C=O) groups is 2. The first-order chi connectivity index (χ1) is 15.1. The molecule has 0 spiro atoms. The molecule has 1 aliphatic rings. The number of hydrogen-bond acceptors (Lipinski definition) is 4. The lowest BCUT2D eigenvalue weighted by molar-refractivity contribution is 0.0717. The van der Waals surface area contributed by atoms with E-state index in [2.05, 4.69) is 5.32 Å². The van der Waals surface area contributed by atoms with Crippen molar-refractivity contribution in [3.05, 3.63) is 89.4 Å².